The first kappa shape index (κ1) is 16.1. The van der Waals surface area contributed by atoms with Crippen molar-refractivity contribution in [2.45, 2.75) is 64.3 Å². The maximum absolute atomic E-state index is 10.6. The van der Waals surface area contributed by atoms with Gasteiger partial charge in [-0.1, -0.05) is 25.7 Å². The summed E-state index contributed by atoms with van der Waals surface area (Å²) in [6.07, 6.45) is 5.91. The van der Waals surface area contributed by atoms with E-state index in [2.05, 4.69) is 0 Å². The number of rotatable bonds is 8. The molecule has 0 aliphatic carbocycles. The predicted octanol–water partition coefficient (Wildman–Crippen LogP) is 2.66. The lowest BCUT2D eigenvalue weighted by Gasteiger charge is -2.16. The van der Waals surface area contributed by atoms with Gasteiger partial charge in [-0.3, -0.25) is 4.57 Å². The van der Waals surface area contributed by atoms with Crippen molar-refractivity contribution in [3.8, 4) is 0 Å². The lowest BCUT2D eigenvalue weighted by Crippen LogP contribution is -2.21. The minimum Gasteiger partial charge on any atom is -0.348 e. The Morgan fingerprint density at radius 1 is 1.17 bits per heavy atom. The zero-order chi connectivity index (χ0) is 13.6. The van der Waals surface area contributed by atoms with Gasteiger partial charge >= 0.3 is 7.60 Å². The maximum Gasteiger partial charge on any atom is 0.325 e. The van der Waals surface area contributed by atoms with E-state index in [0.717, 1.165) is 32.1 Å². The molecule has 0 aromatic rings. The highest BCUT2D eigenvalue weighted by Crippen LogP contribution is 2.35. The molecule has 6 heteroatoms. The second-order valence-corrected chi connectivity index (χ2v) is 7.17. The molecule has 2 N–H and O–H groups in total. The van der Waals surface area contributed by atoms with Crippen molar-refractivity contribution < 1.29 is 23.8 Å². The molecule has 0 amide bonds. The monoisotopic (exact) mass is 280 g/mol. The summed E-state index contributed by atoms with van der Waals surface area (Å²) in [7, 11) is -3.79. The fourth-order valence-corrected chi connectivity index (χ4v) is 2.76. The lowest BCUT2D eigenvalue weighted by molar-refractivity contribution is -0.139. The van der Waals surface area contributed by atoms with Gasteiger partial charge in [0, 0.05) is 6.16 Å². The summed E-state index contributed by atoms with van der Waals surface area (Å²) in [5, 5.41) is 0. The quantitative estimate of drug-likeness (QED) is 0.528. The normalized spacial score (nSPS) is 23.4. The van der Waals surface area contributed by atoms with Crippen LogP contribution in [0.15, 0.2) is 0 Å². The van der Waals surface area contributed by atoms with Gasteiger partial charge in [-0.15, -0.1) is 0 Å². The number of unbranched alkanes of at least 4 members (excludes halogenated alkanes) is 4. The first-order valence-electron chi connectivity index (χ1n) is 6.65. The average Bonchev–Trinajstić information content (AvgIpc) is 2.55. The SMILES string of the molecule is CC1(C)OCC(CCCCCCCP(=O)(O)O)O1. The van der Waals surface area contributed by atoms with Crippen molar-refractivity contribution in [3.05, 3.63) is 0 Å². The Balaban J connectivity index is 1.92. The number of ether oxygens (including phenoxy) is 2. The Morgan fingerprint density at radius 3 is 2.33 bits per heavy atom. The van der Waals surface area contributed by atoms with Crippen LogP contribution in [0.3, 0.4) is 0 Å². The van der Waals surface area contributed by atoms with Crippen LogP contribution in [-0.4, -0.2) is 34.4 Å². The van der Waals surface area contributed by atoms with Crippen LogP contribution in [0, 0.1) is 0 Å². The van der Waals surface area contributed by atoms with Crippen molar-refractivity contribution in [3.63, 3.8) is 0 Å². The smallest absolute Gasteiger partial charge is 0.325 e. The van der Waals surface area contributed by atoms with Gasteiger partial charge in [-0.2, -0.15) is 0 Å². The molecule has 0 aromatic carbocycles. The predicted molar refractivity (Wildman–Crippen MR) is 69.5 cm³/mol. The summed E-state index contributed by atoms with van der Waals surface area (Å²) >= 11 is 0. The molecule has 1 aliphatic rings. The molecule has 1 unspecified atom stereocenters. The summed E-state index contributed by atoms with van der Waals surface area (Å²) in [6.45, 7) is 4.52. The highest BCUT2D eigenvalue weighted by atomic mass is 31.2. The molecule has 0 aromatic heterocycles. The summed E-state index contributed by atoms with van der Waals surface area (Å²) in [5.41, 5.74) is 0. The van der Waals surface area contributed by atoms with Crippen LogP contribution in [0.1, 0.15) is 52.4 Å². The van der Waals surface area contributed by atoms with Crippen molar-refractivity contribution in [2.24, 2.45) is 0 Å². The third kappa shape index (κ3) is 7.49. The van der Waals surface area contributed by atoms with Gasteiger partial charge in [-0.25, -0.2) is 0 Å². The van der Waals surface area contributed by atoms with Gasteiger partial charge in [0.05, 0.1) is 12.7 Å². The van der Waals surface area contributed by atoms with E-state index in [-0.39, 0.29) is 12.3 Å². The van der Waals surface area contributed by atoms with E-state index in [1.807, 2.05) is 13.8 Å². The van der Waals surface area contributed by atoms with Gasteiger partial charge in [0.15, 0.2) is 5.79 Å². The molecular formula is C12H25O5P. The van der Waals surface area contributed by atoms with E-state index in [1.165, 1.54) is 0 Å². The molecule has 18 heavy (non-hydrogen) atoms. The first-order chi connectivity index (χ1) is 8.29. The van der Waals surface area contributed by atoms with E-state index in [9.17, 15) is 4.57 Å². The van der Waals surface area contributed by atoms with E-state index in [0.29, 0.717) is 13.0 Å². The third-order valence-corrected chi connectivity index (χ3v) is 3.94. The van der Waals surface area contributed by atoms with Crippen molar-refractivity contribution in [2.75, 3.05) is 12.8 Å². The molecular weight excluding hydrogens is 255 g/mol. The van der Waals surface area contributed by atoms with Crippen LogP contribution >= 0.6 is 7.60 Å². The topological polar surface area (TPSA) is 76.0 Å². The minimum atomic E-state index is -3.79. The zero-order valence-corrected chi connectivity index (χ0v) is 12.2. The molecule has 1 rings (SSSR count). The van der Waals surface area contributed by atoms with Gasteiger partial charge in [-0.05, 0) is 26.7 Å². The Labute approximate surface area is 109 Å². The van der Waals surface area contributed by atoms with Crippen molar-refractivity contribution in [1.82, 2.24) is 0 Å². The molecule has 108 valence electrons. The third-order valence-electron chi connectivity index (χ3n) is 3.04. The van der Waals surface area contributed by atoms with Crippen LogP contribution in [0.4, 0.5) is 0 Å². The van der Waals surface area contributed by atoms with Crippen molar-refractivity contribution in [1.29, 1.82) is 0 Å². The molecule has 0 bridgehead atoms. The maximum atomic E-state index is 10.6. The highest BCUT2D eigenvalue weighted by Gasteiger charge is 2.31. The van der Waals surface area contributed by atoms with E-state index in [1.54, 1.807) is 0 Å². The Hall–Kier alpha value is 0.0700. The zero-order valence-electron chi connectivity index (χ0n) is 11.3. The van der Waals surface area contributed by atoms with Crippen LogP contribution in [0.5, 0.6) is 0 Å². The first-order valence-corrected chi connectivity index (χ1v) is 8.45. The summed E-state index contributed by atoms with van der Waals surface area (Å²) in [6, 6.07) is 0. The molecule has 1 heterocycles. The van der Waals surface area contributed by atoms with Gasteiger partial charge in [0.1, 0.15) is 0 Å². The summed E-state index contributed by atoms with van der Waals surface area (Å²) in [4.78, 5) is 17.4. The molecule has 0 radical (unpaired) electrons. The summed E-state index contributed by atoms with van der Waals surface area (Å²) in [5.74, 6) is -0.436. The Bertz CT molecular complexity index is 286. The average molecular weight is 280 g/mol. The molecule has 1 saturated heterocycles. The molecule has 0 spiro atoms. The Kier molecular flexibility index (Phi) is 6.28. The second-order valence-electron chi connectivity index (χ2n) is 5.40. The Morgan fingerprint density at radius 2 is 1.78 bits per heavy atom. The molecule has 1 atom stereocenters. The van der Waals surface area contributed by atoms with Crippen LogP contribution in [0.25, 0.3) is 0 Å². The lowest BCUT2D eigenvalue weighted by atomic mass is 10.1. The fraction of sp³-hybridized carbons (Fsp3) is 1.00. The molecule has 1 fully saturated rings. The summed E-state index contributed by atoms with van der Waals surface area (Å²) < 4.78 is 21.8. The second kappa shape index (κ2) is 7.01. The van der Waals surface area contributed by atoms with Crippen LogP contribution in [-0.2, 0) is 14.0 Å². The van der Waals surface area contributed by atoms with Crippen LogP contribution in [0.2, 0.25) is 0 Å². The minimum absolute atomic E-state index is 0.0146. The number of hydrogen-bond acceptors (Lipinski definition) is 3. The molecule has 1 aliphatic heterocycles. The largest absolute Gasteiger partial charge is 0.348 e. The fourth-order valence-electron chi connectivity index (χ4n) is 2.13. The van der Waals surface area contributed by atoms with Gasteiger partial charge < -0.3 is 19.3 Å². The molecule has 5 nitrogen and oxygen atoms in total. The number of hydrogen-bond donors (Lipinski definition) is 2. The highest BCUT2D eigenvalue weighted by molar-refractivity contribution is 7.51. The van der Waals surface area contributed by atoms with E-state index < -0.39 is 13.4 Å². The molecule has 0 saturated carbocycles. The van der Waals surface area contributed by atoms with E-state index >= 15 is 0 Å². The standard InChI is InChI=1S/C12H25O5P/c1-12(2)16-10-11(17-12)8-6-4-3-5-7-9-18(13,14)15/h11H,3-10H2,1-2H3,(H2,13,14,15). The van der Waals surface area contributed by atoms with Gasteiger partial charge in [0.25, 0.3) is 0 Å². The van der Waals surface area contributed by atoms with E-state index in [4.69, 9.17) is 19.3 Å². The van der Waals surface area contributed by atoms with Crippen LogP contribution < -0.4 is 0 Å². The van der Waals surface area contributed by atoms with Crippen molar-refractivity contribution >= 4 is 7.60 Å². The van der Waals surface area contributed by atoms with Gasteiger partial charge in [0.2, 0.25) is 0 Å².